The van der Waals surface area contributed by atoms with Crippen LogP contribution in [0.25, 0.3) is 6.08 Å². The molecule has 0 aliphatic carbocycles. The van der Waals surface area contributed by atoms with Gasteiger partial charge < -0.3 is 15.5 Å². The zero-order valence-corrected chi connectivity index (χ0v) is 20.2. The largest absolute Gasteiger partial charge is 0.369 e. The standard InChI is InChI=1S/C25H26ClFN4O3/c1-14-12-25(2,3)30(4)21-11-19(27)15(9-18(14)21)10-20-23(33)31(24(34)29-20)13-22(32)28-17-7-5-16(26)6-8-17/h5-11,14H,12-13H2,1-4H3,(H,28,32)(H,29,34)/b20-10+. The van der Waals surface area contributed by atoms with Crippen LogP contribution in [-0.2, 0) is 9.59 Å². The molecule has 2 aliphatic heterocycles. The third kappa shape index (κ3) is 4.50. The number of carbonyl (C=O) groups excluding carboxylic acids is 3. The lowest BCUT2D eigenvalue weighted by molar-refractivity contribution is -0.127. The van der Waals surface area contributed by atoms with E-state index in [1.807, 2.05) is 7.05 Å². The Hall–Kier alpha value is -3.39. The fraction of sp³-hybridized carbons (Fsp3) is 0.320. The summed E-state index contributed by atoms with van der Waals surface area (Å²) in [7, 11) is 1.94. The second-order valence-electron chi connectivity index (χ2n) is 9.34. The maximum Gasteiger partial charge on any atom is 0.329 e. The number of nitrogens with one attached hydrogen (secondary N) is 2. The number of carbonyl (C=O) groups is 3. The summed E-state index contributed by atoms with van der Waals surface area (Å²) in [6, 6.07) is 8.89. The van der Waals surface area contributed by atoms with Crippen molar-refractivity contribution < 1.29 is 18.8 Å². The van der Waals surface area contributed by atoms with Crippen LogP contribution in [0.2, 0.25) is 5.02 Å². The smallest absolute Gasteiger partial charge is 0.329 e. The number of halogens is 2. The van der Waals surface area contributed by atoms with Gasteiger partial charge in [-0.15, -0.1) is 0 Å². The molecule has 178 valence electrons. The molecule has 2 aliphatic rings. The predicted octanol–water partition coefficient (Wildman–Crippen LogP) is 4.73. The normalized spacial score (nSPS) is 20.4. The molecule has 4 rings (SSSR count). The number of benzene rings is 2. The second kappa shape index (κ2) is 8.76. The number of imide groups is 1. The Balaban J connectivity index is 1.54. The minimum Gasteiger partial charge on any atom is -0.369 e. The SMILES string of the molecule is CC1CC(C)(C)N(C)c2cc(F)c(/C=C3/NC(=O)N(CC(=O)Nc4ccc(Cl)cc4)C3=O)cc21. The minimum atomic E-state index is -0.740. The number of amides is 4. The molecule has 1 unspecified atom stereocenters. The van der Waals surface area contributed by atoms with Crippen molar-refractivity contribution in [1.82, 2.24) is 10.2 Å². The van der Waals surface area contributed by atoms with E-state index in [9.17, 15) is 14.4 Å². The van der Waals surface area contributed by atoms with Gasteiger partial charge in [0.25, 0.3) is 5.91 Å². The fourth-order valence-corrected chi connectivity index (χ4v) is 4.59. The van der Waals surface area contributed by atoms with E-state index in [1.54, 1.807) is 30.3 Å². The van der Waals surface area contributed by atoms with Gasteiger partial charge in [-0.05, 0) is 74.2 Å². The zero-order valence-electron chi connectivity index (χ0n) is 19.4. The summed E-state index contributed by atoms with van der Waals surface area (Å²) in [4.78, 5) is 40.3. The quantitative estimate of drug-likeness (QED) is 0.485. The molecule has 0 radical (unpaired) electrons. The summed E-state index contributed by atoms with van der Waals surface area (Å²) < 4.78 is 15.0. The molecule has 9 heteroatoms. The van der Waals surface area contributed by atoms with Crippen molar-refractivity contribution in [2.24, 2.45) is 0 Å². The van der Waals surface area contributed by atoms with Crippen molar-refractivity contribution >= 4 is 46.9 Å². The lowest BCUT2D eigenvalue weighted by atomic mass is 9.80. The van der Waals surface area contributed by atoms with Gasteiger partial charge in [-0.1, -0.05) is 18.5 Å². The molecule has 1 atom stereocenters. The molecular formula is C25H26ClFN4O3. The van der Waals surface area contributed by atoms with E-state index in [1.165, 1.54) is 12.1 Å². The molecule has 2 N–H and O–H groups in total. The van der Waals surface area contributed by atoms with E-state index >= 15 is 4.39 Å². The summed E-state index contributed by atoms with van der Waals surface area (Å²) in [5.74, 6) is -1.55. The van der Waals surface area contributed by atoms with Crippen LogP contribution in [0, 0.1) is 5.82 Å². The molecule has 34 heavy (non-hydrogen) atoms. The summed E-state index contributed by atoms with van der Waals surface area (Å²) in [5.41, 5.74) is 2.28. The summed E-state index contributed by atoms with van der Waals surface area (Å²) >= 11 is 5.83. The Labute approximate surface area is 202 Å². The van der Waals surface area contributed by atoms with Gasteiger partial charge in [0.05, 0.1) is 0 Å². The zero-order chi connectivity index (χ0) is 24.8. The first-order valence-electron chi connectivity index (χ1n) is 10.9. The molecule has 0 spiro atoms. The van der Waals surface area contributed by atoms with E-state index in [2.05, 4.69) is 36.3 Å². The maximum absolute atomic E-state index is 15.0. The number of hydrogen-bond acceptors (Lipinski definition) is 4. The first-order chi connectivity index (χ1) is 16.0. The van der Waals surface area contributed by atoms with Crippen molar-refractivity contribution in [3.63, 3.8) is 0 Å². The van der Waals surface area contributed by atoms with Crippen LogP contribution < -0.4 is 15.5 Å². The molecule has 0 aromatic heterocycles. The van der Waals surface area contributed by atoms with Gasteiger partial charge in [0.2, 0.25) is 5.91 Å². The summed E-state index contributed by atoms with van der Waals surface area (Å²) in [6.07, 6.45) is 2.21. The van der Waals surface area contributed by atoms with Crippen LogP contribution in [0.5, 0.6) is 0 Å². The van der Waals surface area contributed by atoms with Gasteiger partial charge in [0.15, 0.2) is 0 Å². The van der Waals surface area contributed by atoms with Gasteiger partial charge in [0, 0.05) is 34.5 Å². The van der Waals surface area contributed by atoms with Crippen molar-refractivity contribution in [3.05, 3.63) is 64.1 Å². The predicted molar refractivity (Wildman–Crippen MR) is 130 cm³/mol. The highest BCUT2D eigenvalue weighted by atomic mass is 35.5. The lowest BCUT2D eigenvalue weighted by Crippen LogP contribution is -2.45. The van der Waals surface area contributed by atoms with Gasteiger partial charge in [-0.25, -0.2) is 14.1 Å². The van der Waals surface area contributed by atoms with Crippen LogP contribution >= 0.6 is 11.6 Å². The second-order valence-corrected chi connectivity index (χ2v) is 9.78. The molecule has 1 saturated heterocycles. The van der Waals surface area contributed by atoms with Crippen molar-refractivity contribution in [1.29, 1.82) is 0 Å². The van der Waals surface area contributed by atoms with E-state index in [0.29, 0.717) is 10.7 Å². The van der Waals surface area contributed by atoms with E-state index in [0.717, 1.165) is 22.6 Å². The average molecular weight is 485 g/mol. The van der Waals surface area contributed by atoms with Crippen LogP contribution in [0.4, 0.5) is 20.6 Å². The third-order valence-electron chi connectivity index (χ3n) is 6.44. The van der Waals surface area contributed by atoms with Gasteiger partial charge >= 0.3 is 6.03 Å². The first-order valence-corrected chi connectivity index (χ1v) is 11.3. The number of hydrogen-bond donors (Lipinski definition) is 2. The monoisotopic (exact) mass is 484 g/mol. The number of anilines is 2. The van der Waals surface area contributed by atoms with Crippen LogP contribution in [-0.4, -0.2) is 41.9 Å². The third-order valence-corrected chi connectivity index (χ3v) is 6.70. The summed E-state index contributed by atoms with van der Waals surface area (Å²) in [6.45, 7) is 5.84. The van der Waals surface area contributed by atoms with Gasteiger partial charge in [-0.2, -0.15) is 0 Å². The Bertz CT molecular complexity index is 1210. The van der Waals surface area contributed by atoms with Crippen LogP contribution in [0.15, 0.2) is 42.1 Å². The number of urea groups is 1. The van der Waals surface area contributed by atoms with Gasteiger partial charge in [-0.3, -0.25) is 9.59 Å². The maximum atomic E-state index is 15.0. The highest BCUT2D eigenvalue weighted by Crippen LogP contribution is 2.43. The first kappa shape index (κ1) is 23.8. The average Bonchev–Trinajstić information content (AvgIpc) is 3.02. The van der Waals surface area contributed by atoms with Gasteiger partial charge in [0.1, 0.15) is 18.1 Å². The topological polar surface area (TPSA) is 81.8 Å². The highest BCUT2D eigenvalue weighted by Gasteiger charge is 2.37. The molecule has 2 heterocycles. The molecule has 2 aromatic carbocycles. The van der Waals surface area contributed by atoms with Crippen molar-refractivity contribution in [2.75, 3.05) is 23.8 Å². The van der Waals surface area contributed by atoms with E-state index in [4.69, 9.17) is 11.6 Å². The highest BCUT2D eigenvalue weighted by molar-refractivity contribution is 6.30. The molecular weight excluding hydrogens is 459 g/mol. The molecule has 0 bridgehead atoms. The number of fused-ring (bicyclic) bond motifs is 1. The molecule has 0 saturated carbocycles. The van der Waals surface area contributed by atoms with E-state index in [-0.39, 0.29) is 22.7 Å². The molecule has 1 fully saturated rings. The Morgan fingerprint density at radius 1 is 1.26 bits per heavy atom. The lowest BCUT2D eigenvalue weighted by Gasteiger charge is -2.45. The number of rotatable bonds is 4. The van der Waals surface area contributed by atoms with Crippen LogP contribution in [0.1, 0.15) is 44.2 Å². The van der Waals surface area contributed by atoms with E-state index < -0.39 is 30.2 Å². The molecule has 7 nitrogen and oxygen atoms in total. The van der Waals surface area contributed by atoms with Crippen molar-refractivity contribution in [2.45, 2.75) is 38.6 Å². The Kier molecular flexibility index (Phi) is 6.12. The fourth-order valence-electron chi connectivity index (χ4n) is 4.46. The Morgan fingerprint density at radius 2 is 1.94 bits per heavy atom. The summed E-state index contributed by atoms with van der Waals surface area (Å²) in [5, 5.41) is 5.56. The van der Waals surface area contributed by atoms with Crippen molar-refractivity contribution in [3.8, 4) is 0 Å². The molecule has 2 aromatic rings. The Morgan fingerprint density at radius 3 is 2.62 bits per heavy atom. The minimum absolute atomic E-state index is 0.0831. The van der Waals surface area contributed by atoms with Crippen LogP contribution in [0.3, 0.4) is 0 Å². The molecule has 4 amide bonds. The number of nitrogens with zero attached hydrogens (tertiary/aromatic N) is 2.